The van der Waals surface area contributed by atoms with Crippen LogP contribution >= 0.6 is 35.6 Å². The van der Waals surface area contributed by atoms with Crippen molar-refractivity contribution >= 4 is 41.5 Å². The van der Waals surface area contributed by atoms with E-state index in [0.717, 1.165) is 25.9 Å². The number of rotatable bonds is 4. The van der Waals surface area contributed by atoms with Crippen LogP contribution in [0.5, 0.6) is 5.75 Å². The summed E-state index contributed by atoms with van der Waals surface area (Å²) in [5, 5.41) is 4.20. The molecule has 0 bridgehead atoms. The van der Waals surface area contributed by atoms with Crippen molar-refractivity contribution in [1.29, 1.82) is 0 Å². The molecule has 1 atom stereocenters. The lowest BCUT2D eigenvalue weighted by Gasteiger charge is -2.32. The average molecular weight is 354 g/mol. The van der Waals surface area contributed by atoms with Gasteiger partial charge in [-0.05, 0) is 38.1 Å². The number of nitrogens with one attached hydrogen (secondary N) is 1. The highest BCUT2D eigenvalue weighted by molar-refractivity contribution is 6.34. The topological polar surface area (TPSA) is 41.6 Å². The molecule has 0 aromatic heterocycles. The maximum Gasteiger partial charge on any atom is 0.260 e. The number of nitrogens with zero attached hydrogens (tertiary/aromatic N) is 1. The van der Waals surface area contributed by atoms with Gasteiger partial charge in [0.2, 0.25) is 0 Å². The Labute approximate surface area is 141 Å². The van der Waals surface area contributed by atoms with Crippen LogP contribution in [0.2, 0.25) is 10.0 Å². The van der Waals surface area contributed by atoms with Crippen LogP contribution in [0.15, 0.2) is 18.2 Å². The molecule has 1 amide bonds. The number of carbonyl (C=O) groups is 1. The lowest BCUT2D eigenvalue weighted by atomic mass is 10.1. The summed E-state index contributed by atoms with van der Waals surface area (Å²) in [6.07, 6.45) is 2.12. The molecule has 1 heterocycles. The van der Waals surface area contributed by atoms with Gasteiger partial charge in [-0.25, -0.2) is 0 Å². The zero-order valence-electron chi connectivity index (χ0n) is 11.8. The van der Waals surface area contributed by atoms with Gasteiger partial charge in [-0.2, -0.15) is 0 Å². The first-order valence-electron chi connectivity index (χ1n) is 6.62. The van der Waals surface area contributed by atoms with Crippen LogP contribution in [0.25, 0.3) is 0 Å². The number of hydrogen-bond acceptors (Lipinski definition) is 3. The summed E-state index contributed by atoms with van der Waals surface area (Å²) in [5.41, 5.74) is 0. The minimum atomic E-state index is -0.0129. The molecule has 2 rings (SSSR count). The van der Waals surface area contributed by atoms with Crippen LogP contribution in [-0.2, 0) is 4.79 Å². The summed E-state index contributed by atoms with van der Waals surface area (Å²) in [4.78, 5) is 13.9. The minimum absolute atomic E-state index is 0. The first kappa shape index (κ1) is 18.4. The van der Waals surface area contributed by atoms with E-state index >= 15 is 0 Å². The summed E-state index contributed by atoms with van der Waals surface area (Å²) < 4.78 is 5.47. The first-order valence-corrected chi connectivity index (χ1v) is 7.38. The zero-order valence-corrected chi connectivity index (χ0v) is 14.1. The highest BCUT2D eigenvalue weighted by atomic mass is 35.5. The quantitative estimate of drug-likeness (QED) is 0.905. The van der Waals surface area contributed by atoms with E-state index in [9.17, 15) is 4.79 Å². The largest absolute Gasteiger partial charge is 0.484 e. The van der Waals surface area contributed by atoms with Crippen molar-refractivity contribution in [3.05, 3.63) is 28.2 Å². The van der Waals surface area contributed by atoms with Crippen molar-refractivity contribution < 1.29 is 9.53 Å². The molecular weight excluding hydrogens is 335 g/mol. The van der Waals surface area contributed by atoms with Gasteiger partial charge in [-0.1, -0.05) is 23.2 Å². The fraction of sp³-hybridized carbons (Fsp3) is 0.500. The number of amides is 1. The summed E-state index contributed by atoms with van der Waals surface area (Å²) in [6.45, 7) is 1.53. The molecule has 0 saturated carbocycles. The van der Waals surface area contributed by atoms with Gasteiger partial charge in [0.25, 0.3) is 5.91 Å². The van der Waals surface area contributed by atoms with E-state index in [1.807, 2.05) is 11.9 Å². The van der Waals surface area contributed by atoms with Crippen molar-refractivity contribution in [2.45, 2.75) is 18.9 Å². The van der Waals surface area contributed by atoms with Crippen LogP contribution < -0.4 is 10.1 Å². The molecule has 118 valence electrons. The third kappa shape index (κ3) is 5.55. The van der Waals surface area contributed by atoms with Gasteiger partial charge in [0.05, 0.1) is 0 Å². The Hall–Kier alpha value is -0.680. The van der Waals surface area contributed by atoms with Gasteiger partial charge in [0.15, 0.2) is 6.61 Å². The van der Waals surface area contributed by atoms with E-state index in [2.05, 4.69) is 5.32 Å². The number of hydrogen-bond donors (Lipinski definition) is 1. The number of halogens is 3. The van der Waals surface area contributed by atoms with Gasteiger partial charge < -0.3 is 15.0 Å². The molecule has 1 aromatic carbocycles. The SMILES string of the molecule is CNC1CCCN(C(=O)COc2cc(Cl)cc(Cl)c2)C1.Cl. The molecule has 21 heavy (non-hydrogen) atoms. The molecule has 1 aromatic rings. The fourth-order valence-corrected chi connectivity index (χ4v) is 2.79. The molecule has 1 N–H and O–H groups in total. The summed E-state index contributed by atoms with van der Waals surface area (Å²) >= 11 is 11.8. The van der Waals surface area contributed by atoms with Gasteiger partial charge in [0, 0.05) is 29.2 Å². The summed E-state index contributed by atoms with van der Waals surface area (Å²) in [5.74, 6) is 0.499. The minimum Gasteiger partial charge on any atom is -0.484 e. The van der Waals surface area contributed by atoms with Gasteiger partial charge in [-0.15, -0.1) is 12.4 Å². The Balaban J connectivity index is 0.00000220. The molecule has 1 aliphatic heterocycles. The summed E-state index contributed by atoms with van der Waals surface area (Å²) in [6, 6.07) is 5.29. The number of carbonyl (C=O) groups excluding carboxylic acids is 1. The van der Waals surface area contributed by atoms with Gasteiger partial charge >= 0.3 is 0 Å². The number of piperidine rings is 1. The number of ether oxygens (including phenoxy) is 1. The van der Waals surface area contributed by atoms with Crippen molar-refractivity contribution in [3.8, 4) is 5.75 Å². The standard InChI is InChI=1S/C14H18Cl2N2O2.ClH/c1-17-12-3-2-4-18(8-12)14(19)9-20-13-6-10(15)5-11(16)7-13;/h5-7,12,17H,2-4,8-9H2,1H3;1H. The number of likely N-dealkylation sites (tertiary alicyclic amines) is 1. The second-order valence-electron chi connectivity index (χ2n) is 4.86. The normalized spacial score (nSPS) is 18.0. The molecule has 1 unspecified atom stereocenters. The third-order valence-corrected chi connectivity index (χ3v) is 3.82. The van der Waals surface area contributed by atoms with Crippen LogP contribution in [0, 0.1) is 0 Å². The molecule has 0 radical (unpaired) electrons. The Morgan fingerprint density at radius 2 is 2.05 bits per heavy atom. The second kappa shape index (κ2) is 8.69. The van der Waals surface area contributed by atoms with Crippen molar-refractivity contribution in [2.24, 2.45) is 0 Å². The molecule has 1 aliphatic rings. The van der Waals surface area contributed by atoms with Crippen LogP contribution in [-0.4, -0.2) is 43.6 Å². The van der Waals surface area contributed by atoms with E-state index in [1.54, 1.807) is 18.2 Å². The third-order valence-electron chi connectivity index (χ3n) is 3.38. The predicted molar refractivity (Wildman–Crippen MR) is 87.9 cm³/mol. The van der Waals surface area contributed by atoms with Crippen molar-refractivity contribution in [1.82, 2.24) is 10.2 Å². The zero-order chi connectivity index (χ0) is 14.5. The average Bonchev–Trinajstić information content (AvgIpc) is 2.44. The lowest BCUT2D eigenvalue weighted by molar-refractivity contribution is -0.134. The van der Waals surface area contributed by atoms with E-state index in [0.29, 0.717) is 21.8 Å². The van der Waals surface area contributed by atoms with Crippen LogP contribution in [0.1, 0.15) is 12.8 Å². The molecule has 1 fully saturated rings. The van der Waals surface area contributed by atoms with Crippen molar-refractivity contribution in [3.63, 3.8) is 0 Å². The van der Waals surface area contributed by atoms with Gasteiger partial charge in [-0.3, -0.25) is 4.79 Å². The second-order valence-corrected chi connectivity index (χ2v) is 5.73. The molecule has 4 nitrogen and oxygen atoms in total. The maximum atomic E-state index is 12.1. The Kier molecular flexibility index (Phi) is 7.60. The maximum absolute atomic E-state index is 12.1. The highest BCUT2D eigenvalue weighted by Crippen LogP contribution is 2.24. The molecule has 0 spiro atoms. The number of likely N-dealkylation sites (N-methyl/N-ethyl adjacent to an activating group) is 1. The fourth-order valence-electron chi connectivity index (χ4n) is 2.29. The van der Waals surface area contributed by atoms with E-state index in [1.165, 1.54) is 0 Å². The van der Waals surface area contributed by atoms with E-state index in [4.69, 9.17) is 27.9 Å². The summed E-state index contributed by atoms with van der Waals surface area (Å²) in [7, 11) is 1.92. The molecule has 7 heteroatoms. The monoisotopic (exact) mass is 352 g/mol. The first-order chi connectivity index (χ1) is 9.58. The van der Waals surface area contributed by atoms with E-state index < -0.39 is 0 Å². The number of benzene rings is 1. The smallest absolute Gasteiger partial charge is 0.260 e. The lowest BCUT2D eigenvalue weighted by Crippen LogP contribution is -2.48. The highest BCUT2D eigenvalue weighted by Gasteiger charge is 2.22. The molecule has 1 saturated heterocycles. The van der Waals surface area contributed by atoms with E-state index in [-0.39, 0.29) is 24.9 Å². The predicted octanol–water partition coefficient (Wildman–Crippen LogP) is 3.00. The Bertz CT molecular complexity index is 465. The van der Waals surface area contributed by atoms with Crippen molar-refractivity contribution in [2.75, 3.05) is 26.7 Å². The van der Waals surface area contributed by atoms with Gasteiger partial charge in [0.1, 0.15) is 5.75 Å². The molecular formula is C14H19Cl3N2O2. The Morgan fingerprint density at radius 3 is 2.67 bits per heavy atom. The molecule has 0 aliphatic carbocycles. The van der Waals surface area contributed by atoms with Crippen LogP contribution in [0.4, 0.5) is 0 Å². The Morgan fingerprint density at radius 1 is 1.38 bits per heavy atom. The van der Waals surface area contributed by atoms with Crippen LogP contribution in [0.3, 0.4) is 0 Å².